The lowest BCUT2D eigenvalue weighted by atomic mass is 9.53. The molecule has 7 nitrogen and oxygen atoms in total. The number of aliphatic hydroxyl groups is 1. The zero-order valence-corrected chi connectivity index (χ0v) is 23.9. The Morgan fingerprint density at radius 1 is 1.15 bits per heavy atom. The van der Waals surface area contributed by atoms with Crippen molar-refractivity contribution >= 4 is 11.6 Å². The monoisotopic (exact) mass is 544 g/mol. The van der Waals surface area contributed by atoms with Crippen LogP contribution in [0.5, 0.6) is 11.5 Å². The first-order valence-corrected chi connectivity index (χ1v) is 14.7. The normalized spacial score (nSPS) is 34.1. The van der Waals surface area contributed by atoms with Crippen LogP contribution in [-0.4, -0.2) is 68.0 Å². The van der Waals surface area contributed by atoms with Gasteiger partial charge in [0.25, 0.3) is 0 Å². The van der Waals surface area contributed by atoms with Gasteiger partial charge in [0.05, 0.1) is 50.7 Å². The maximum Gasteiger partial charge on any atom is 0.229 e. The first kappa shape index (κ1) is 26.1. The summed E-state index contributed by atoms with van der Waals surface area (Å²) in [5.74, 6) is 2.57. The lowest BCUT2D eigenvalue weighted by molar-refractivity contribution is -0.132. The zero-order chi connectivity index (χ0) is 27.8. The molecule has 1 spiro atoms. The van der Waals surface area contributed by atoms with Crippen molar-refractivity contribution < 1.29 is 24.1 Å². The first-order valence-electron chi connectivity index (χ1n) is 14.7. The number of fused-ring (bicyclic) bond motifs is 2. The van der Waals surface area contributed by atoms with E-state index in [-0.39, 0.29) is 23.5 Å². The van der Waals surface area contributed by atoms with Gasteiger partial charge in [0.1, 0.15) is 0 Å². The second kappa shape index (κ2) is 9.33. The third kappa shape index (κ3) is 3.50. The van der Waals surface area contributed by atoms with Gasteiger partial charge in [0.15, 0.2) is 11.5 Å². The Morgan fingerprint density at radius 3 is 2.62 bits per heavy atom. The molecule has 1 aliphatic carbocycles. The molecule has 7 heteroatoms. The van der Waals surface area contributed by atoms with E-state index in [0.717, 1.165) is 42.9 Å². The Kier molecular flexibility index (Phi) is 6.08. The summed E-state index contributed by atoms with van der Waals surface area (Å²) in [7, 11) is 3.36. The van der Waals surface area contributed by atoms with E-state index in [4.69, 9.17) is 14.2 Å². The number of carbonyl (C=O) groups is 1. The fraction of sp³-hybridized carbons (Fsp3) is 0.545. The molecular formula is C33H40N2O5. The highest BCUT2D eigenvalue weighted by atomic mass is 16.5. The third-order valence-electron chi connectivity index (χ3n) is 10.9. The highest BCUT2D eigenvalue weighted by Gasteiger charge is 2.71. The topological polar surface area (TPSA) is 71.5 Å². The van der Waals surface area contributed by atoms with E-state index in [0.29, 0.717) is 36.7 Å². The standard InChI is InChI=1S/C23H26N2O4.C10H14O/c1-27-16-8-14-15(9-17(16)28-2)25-20(26)10-18-21-13-7-19-23(14,22(21)25)4-5-24(19)11-12(13)3-6-29-18;1-3-10(2,11)9-7-5-4-6-8-9/h3,8-9,13,18-19,21-22H,4-7,10-11H2,1-2H3;4-8,11H,3H2,1-2H3/t13?,18-,19-,21-,22-,23?;/m0./s1. The molecule has 6 aliphatic rings. The Hall–Kier alpha value is -2.87. The van der Waals surface area contributed by atoms with E-state index in [1.54, 1.807) is 19.8 Å². The number of hydrogen-bond acceptors (Lipinski definition) is 6. The van der Waals surface area contributed by atoms with Crippen molar-refractivity contribution in [2.75, 3.05) is 38.8 Å². The Bertz CT molecular complexity index is 1360. The lowest BCUT2D eigenvalue weighted by Gasteiger charge is -2.58. The quantitative estimate of drug-likeness (QED) is 0.575. The lowest BCUT2D eigenvalue weighted by Crippen LogP contribution is -2.69. The number of ether oxygens (including phenoxy) is 3. The van der Waals surface area contributed by atoms with Crippen molar-refractivity contribution in [2.24, 2.45) is 11.8 Å². The van der Waals surface area contributed by atoms with Crippen LogP contribution in [0.25, 0.3) is 0 Å². The van der Waals surface area contributed by atoms with Crippen molar-refractivity contribution in [1.82, 2.24) is 4.90 Å². The molecule has 2 aromatic rings. The first-order chi connectivity index (χ1) is 19.3. The number of amides is 1. The summed E-state index contributed by atoms with van der Waals surface area (Å²) in [6, 6.07) is 14.6. The Labute approximate surface area is 236 Å². The SMILES string of the molecule is CCC(C)(O)c1ccccc1.COc1cc2c(cc1OC)C13CCN4CC5=CCO[C@H]6CC(=O)N2[C@H]1[C@H]6C5C[C@H]43. The summed E-state index contributed by atoms with van der Waals surface area (Å²) in [6.07, 6.45) is 5.85. The van der Waals surface area contributed by atoms with E-state index in [1.165, 1.54) is 12.0 Å². The summed E-state index contributed by atoms with van der Waals surface area (Å²) in [5, 5.41) is 9.79. The molecule has 212 valence electrons. The molecule has 40 heavy (non-hydrogen) atoms. The van der Waals surface area contributed by atoms with Crippen molar-refractivity contribution in [2.45, 2.75) is 68.7 Å². The molecular weight excluding hydrogens is 504 g/mol. The third-order valence-corrected chi connectivity index (χ3v) is 10.9. The van der Waals surface area contributed by atoms with Gasteiger partial charge >= 0.3 is 0 Å². The average molecular weight is 545 g/mol. The van der Waals surface area contributed by atoms with Gasteiger partial charge in [0, 0.05) is 30.0 Å². The fourth-order valence-corrected chi connectivity index (χ4v) is 8.87. The van der Waals surface area contributed by atoms with Gasteiger partial charge in [-0.05, 0) is 55.8 Å². The minimum Gasteiger partial charge on any atom is -0.493 e. The molecule has 4 fully saturated rings. The molecule has 7 atom stereocenters. The summed E-state index contributed by atoms with van der Waals surface area (Å²) >= 11 is 0. The number of hydrogen-bond donors (Lipinski definition) is 1. The van der Waals surface area contributed by atoms with Crippen molar-refractivity contribution in [3.05, 3.63) is 65.2 Å². The van der Waals surface area contributed by atoms with Crippen LogP contribution >= 0.6 is 0 Å². The number of nitrogens with zero attached hydrogens (tertiary/aromatic N) is 2. The molecule has 0 radical (unpaired) electrons. The predicted molar refractivity (Wildman–Crippen MR) is 153 cm³/mol. The summed E-state index contributed by atoms with van der Waals surface area (Å²) in [6.45, 7) is 6.62. The number of anilines is 1. The zero-order valence-electron chi connectivity index (χ0n) is 23.9. The molecule has 3 saturated heterocycles. The summed E-state index contributed by atoms with van der Waals surface area (Å²) < 4.78 is 17.6. The highest BCUT2D eigenvalue weighted by molar-refractivity contribution is 5.99. The fourth-order valence-electron chi connectivity index (χ4n) is 8.87. The van der Waals surface area contributed by atoms with Gasteiger partial charge in [-0.3, -0.25) is 9.69 Å². The van der Waals surface area contributed by atoms with E-state index in [2.05, 4.69) is 21.9 Å². The minimum absolute atomic E-state index is 0.0242. The van der Waals surface area contributed by atoms with Crippen LogP contribution in [0.4, 0.5) is 5.69 Å². The largest absolute Gasteiger partial charge is 0.493 e. The molecule has 3 unspecified atom stereocenters. The van der Waals surface area contributed by atoms with Crippen LogP contribution in [0, 0.1) is 11.8 Å². The van der Waals surface area contributed by atoms with Gasteiger partial charge in [0.2, 0.25) is 5.91 Å². The molecule has 8 rings (SSSR count). The number of rotatable bonds is 4. The van der Waals surface area contributed by atoms with E-state index in [9.17, 15) is 9.90 Å². The van der Waals surface area contributed by atoms with Crippen LogP contribution in [0.15, 0.2) is 54.1 Å². The molecule has 2 bridgehead atoms. The van der Waals surface area contributed by atoms with Gasteiger partial charge in [-0.15, -0.1) is 0 Å². The molecule has 1 saturated carbocycles. The van der Waals surface area contributed by atoms with Crippen LogP contribution in [-0.2, 0) is 20.5 Å². The number of benzene rings is 2. The van der Waals surface area contributed by atoms with Gasteiger partial charge in [-0.25, -0.2) is 0 Å². The Balaban J connectivity index is 0.000000205. The van der Waals surface area contributed by atoms with E-state index >= 15 is 0 Å². The van der Waals surface area contributed by atoms with Crippen molar-refractivity contribution in [3.8, 4) is 11.5 Å². The molecule has 5 aliphatic heterocycles. The van der Waals surface area contributed by atoms with Crippen molar-refractivity contribution in [1.29, 1.82) is 0 Å². The van der Waals surface area contributed by atoms with E-state index in [1.807, 2.05) is 50.2 Å². The second-order valence-corrected chi connectivity index (χ2v) is 12.5. The number of carbonyl (C=O) groups excluding carboxylic acids is 1. The average Bonchev–Trinajstić information content (AvgIpc) is 3.44. The predicted octanol–water partition coefficient (Wildman–Crippen LogP) is 4.41. The Morgan fingerprint density at radius 2 is 1.90 bits per heavy atom. The maximum absolute atomic E-state index is 13.5. The summed E-state index contributed by atoms with van der Waals surface area (Å²) in [5.41, 5.74) is 4.18. The summed E-state index contributed by atoms with van der Waals surface area (Å²) in [4.78, 5) is 18.3. The van der Waals surface area contributed by atoms with Gasteiger partial charge in [-0.2, -0.15) is 0 Å². The number of piperidine rings is 2. The van der Waals surface area contributed by atoms with Crippen LogP contribution < -0.4 is 14.4 Å². The van der Waals surface area contributed by atoms with Crippen LogP contribution in [0.2, 0.25) is 0 Å². The highest BCUT2D eigenvalue weighted by Crippen LogP contribution is 2.66. The van der Waals surface area contributed by atoms with Crippen LogP contribution in [0.1, 0.15) is 50.7 Å². The maximum atomic E-state index is 13.5. The number of methoxy groups -OCH3 is 2. The van der Waals surface area contributed by atoms with Crippen LogP contribution in [0.3, 0.4) is 0 Å². The van der Waals surface area contributed by atoms with Gasteiger partial charge in [-0.1, -0.05) is 48.9 Å². The second-order valence-electron chi connectivity index (χ2n) is 12.5. The smallest absolute Gasteiger partial charge is 0.229 e. The molecule has 1 N–H and O–H groups in total. The van der Waals surface area contributed by atoms with Gasteiger partial charge < -0.3 is 24.2 Å². The molecule has 2 aromatic carbocycles. The van der Waals surface area contributed by atoms with Crippen molar-refractivity contribution in [3.63, 3.8) is 0 Å². The minimum atomic E-state index is -0.665. The molecule has 0 aromatic heterocycles. The molecule has 1 amide bonds. The van der Waals surface area contributed by atoms with E-state index < -0.39 is 5.60 Å². The molecule has 5 heterocycles.